The van der Waals surface area contributed by atoms with Crippen molar-refractivity contribution in [3.63, 3.8) is 0 Å². The van der Waals surface area contributed by atoms with Crippen LogP contribution in [0.25, 0.3) is 0 Å². The number of nitrogens with one attached hydrogen (secondary N) is 1. The van der Waals surface area contributed by atoms with Crippen molar-refractivity contribution in [2.75, 3.05) is 18.1 Å². The third-order valence-corrected chi connectivity index (χ3v) is 6.88. The lowest BCUT2D eigenvalue weighted by atomic mass is 10.0. The molecule has 2 aromatic rings. The van der Waals surface area contributed by atoms with Crippen LogP contribution in [0.3, 0.4) is 0 Å². The number of hydrogen-bond donors (Lipinski definition) is 2. The first-order valence-corrected chi connectivity index (χ1v) is 12.2. The van der Waals surface area contributed by atoms with E-state index in [-0.39, 0.29) is 29.0 Å². The Bertz CT molecular complexity index is 1170. The monoisotopic (exact) mass is 503 g/mol. The number of aromatic nitrogens is 3. The molecule has 0 aliphatic carbocycles. The fraction of sp³-hybridized carbons (Fsp3) is 0.350. The summed E-state index contributed by atoms with van der Waals surface area (Å²) in [6.45, 7) is 2.45. The second kappa shape index (κ2) is 10.2. The summed E-state index contributed by atoms with van der Waals surface area (Å²) in [4.78, 5) is 48.0. The summed E-state index contributed by atoms with van der Waals surface area (Å²) < 4.78 is 5.80. The van der Waals surface area contributed by atoms with E-state index < -0.39 is 29.2 Å². The number of nitrogen functional groups attached to an aromatic ring is 1. The summed E-state index contributed by atoms with van der Waals surface area (Å²) in [7, 11) is 0. The van der Waals surface area contributed by atoms with Gasteiger partial charge in [-0.2, -0.15) is 9.36 Å². The number of nitrogens with two attached hydrogens (primary N) is 1. The largest absolute Gasteiger partial charge is 0.543 e. The Balaban J connectivity index is 1.52. The number of oxime groups is 1. The molecule has 0 aromatic carbocycles. The van der Waals surface area contributed by atoms with E-state index in [1.807, 2.05) is 29.7 Å². The average Bonchev–Trinajstić information content (AvgIpc) is 3.26. The Morgan fingerprint density at radius 1 is 1.38 bits per heavy atom. The van der Waals surface area contributed by atoms with Crippen molar-refractivity contribution in [1.82, 2.24) is 19.6 Å². The number of aliphatic carboxylic acids is 1. The molecule has 3 N–H and O–H groups in total. The standard InChI is InChI=1S/C20H21N7O5S2/c1-2-8-32-24-12(15-23-20(21)34-25-15)16(28)22-13-17(29)27-14(19(30)31)11(10-33-18(13)27)9-26-6-4-3-5-7-26/h3-7,13,18H,2,8-10H2,1H3,(H3-,21,22,23,25,28,30,31)/b24-12+/t13?,18-/m1/s1. The van der Waals surface area contributed by atoms with Gasteiger partial charge < -0.3 is 25.8 Å². The van der Waals surface area contributed by atoms with Crippen LogP contribution >= 0.6 is 23.3 Å². The maximum Gasteiger partial charge on any atom is 0.278 e. The Kier molecular flexibility index (Phi) is 7.07. The van der Waals surface area contributed by atoms with E-state index in [1.165, 1.54) is 11.8 Å². The van der Waals surface area contributed by atoms with E-state index in [1.54, 1.807) is 12.4 Å². The number of carboxylic acids is 1. The van der Waals surface area contributed by atoms with Crippen LogP contribution < -0.4 is 20.7 Å². The number of anilines is 1. The maximum atomic E-state index is 12.9. The van der Waals surface area contributed by atoms with Gasteiger partial charge in [0.1, 0.15) is 18.0 Å². The molecular formula is C20H21N7O5S2. The topological polar surface area (TPSA) is 167 Å². The smallest absolute Gasteiger partial charge is 0.278 e. The van der Waals surface area contributed by atoms with Gasteiger partial charge in [-0.05, 0) is 6.42 Å². The molecule has 14 heteroatoms. The first-order chi connectivity index (χ1) is 16.4. The lowest BCUT2D eigenvalue weighted by molar-refractivity contribution is -0.689. The Morgan fingerprint density at radius 3 is 2.79 bits per heavy atom. The predicted octanol–water partition coefficient (Wildman–Crippen LogP) is -1.36. The molecule has 2 aliphatic rings. The first-order valence-electron chi connectivity index (χ1n) is 10.3. The average molecular weight is 504 g/mol. The molecule has 4 heterocycles. The number of fused-ring (bicyclic) bond motifs is 1. The van der Waals surface area contributed by atoms with Crippen molar-refractivity contribution in [2.24, 2.45) is 5.16 Å². The number of pyridine rings is 1. The number of amides is 2. The molecule has 178 valence electrons. The fourth-order valence-corrected chi connectivity index (χ4v) is 5.25. The molecule has 1 unspecified atom stereocenters. The highest BCUT2D eigenvalue weighted by atomic mass is 32.2. The molecule has 2 atom stereocenters. The van der Waals surface area contributed by atoms with Gasteiger partial charge in [-0.3, -0.25) is 14.5 Å². The molecule has 2 aliphatic heterocycles. The molecule has 2 amide bonds. The first kappa shape index (κ1) is 23.6. The van der Waals surface area contributed by atoms with Gasteiger partial charge in [0, 0.05) is 35.0 Å². The third kappa shape index (κ3) is 4.72. The summed E-state index contributed by atoms with van der Waals surface area (Å²) in [5.74, 6) is -2.38. The van der Waals surface area contributed by atoms with Crippen LogP contribution in [0.1, 0.15) is 19.2 Å². The zero-order valence-electron chi connectivity index (χ0n) is 18.0. The van der Waals surface area contributed by atoms with Crippen molar-refractivity contribution < 1.29 is 28.9 Å². The highest BCUT2D eigenvalue weighted by molar-refractivity contribution is 8.00. The second-order valence-corrected chi connectivity index (χ2v) is 9.27. The van der Waals surface area contributed by atoms with Gasteiger partial charge in [0.05, 0.1) is 11.7 Å². The molecule has 12 nitrogen and oxygen atoms in total. The van der Waals surface area contributed by atoms with Gasteiger partial charge in [-0.1, -0.05) is 18.1 Å². The minimum atomic E-state index is -1.44. The zero-order chi connectivity index (χ0) is 24.2. The summed E-state index contributed by atoms with van der Waals surface area (Å²) in [6.07, 6.45) is 4.28. The number of β-lactam (4-membered cyclic amide) rings is 1. The van der Waals surface area contributed by atoms with Crippen molar-refractivity contribution >= 4 is 51.9 Å². The number of hydrogen-bond acceptors (Lipinski definition) is 11. The highest BCUT2D eigenvalue weighted by Crippen LogP contribution is 2.40. The van der Waals surface area contributed by atoms with E-state index in [4.69, 9.17) is 10.6 Å². The predicted molar refractivity (Wildman–Crippen MR) is 121 cm³/mol. The Morgan fingerprint density at radius 2 is 2.15 bits per heavy atom. The molecule has 0 saturated carbocycles. The molecule has 1 fully saturated rings. The normalized spacial score (nSPS) is 20.0. The van der Waals surface area contributed by atoms with E-state index in [2.05, 4.69) is 19.8 Å². The number of thioether (sulfide) groups is 1. The fourth-order valence-electron chi connectivity index (χ4n) is 3.48. The van der Waals surface area contributed by atoms with Crippen LogP contribution in [0, 0.1) is 0 Å². The Hall–Kier alpha value is -3.52. The van der Waals surface area contributed by atoms with Crippen LogP contribution in [0.5, 0.6) is 0 Å². The summed E-state index contributed by atoms with van der Waals surface area (Å²) in [5, 5.41) is 17.9. The molecule has 1 saturated heterocycles. The number of rotatable bonds is 9. The molecule has 0 radical (unpaired) electrons. The van der Waals surface area contributed by atoms with E-state index in [0.29, 0.717) is 24.3 Å². The van der Waals surface area contributed by atoms with Crippen LogP contribution in [-0.4, -0.2) is 61.5 Å². The number of nitrogens with zero attached hydrogens (tertiary/aromatic N) is 5. The maximum absolute atomic E-state index is 12.9. The number of carbonyl (C=O) groups excluding carboxylic acids is 3. The van der Waals surface area contributed by atoms with Gasteiger partial charge in [-0.15, -0.1) is 11.8 Å². The van der Waals surface area contributed by atoms with Crippen molar-refractivity contribution in [3.05, 3.63) is 47.7 Å². The van der Waals surface area contributed by atoms with Crippen molar-refractivity contribution in [2.45, 2.75) is 31.3 Å². The molecule has 0 spiro atoms. The van der Waals surface area contributed by atoms with E-state index in [0.717, 1.165) is 16.4 Å². The summed E-state index contributed by atoms with van der Waals surface area (Å²) in [5.41, 5.74) is 5.79. The number of carboxylic acid groups (broad SMARTS) is 1. The second-order valence-electron chi connectivity index (χ2n) is 7.38. The molecule has 0 bridgehead atoms. The van der Waals surface area contributed by atoms with Gasteiger partial charge in [0.25, 0.3) is 11.8 Å². The SMILES string of the molecule is CCCO/N=C(/C(=O)NC1C(=O)N2C(C(=O)[O-])=C(C[n+]3ccccc3)CS[C@H]12)c1nsc(N)n1. The summed E-state index contributed by atoms with van der Waals surface area (Å²) >= 11 is 2.25. The molecule has 4 rings (SSSR count). The van der Waals surface area contributed by atoms with Gasteiger partial charge in [-0.25, -0.2) is 4.57 Å². The molecular weight excluding hydrogens is 482 g/mol. The van der Waals surface area contributed by atoms with Gasteiger partial charge in [0.2, 0.25) is 11.5 Å². The van der Waals surface area contributed by atoms with Crippen LogP contribution in [0.15, 0.2) is 47.0 Å². The van der Waals surface area contributed by atoms with Crippen LogP contribution in [0.2, 0.25) is 0 Å². The number of carbonyl (C=O) groups is 3. The molecule has 2 aromatic heterocycles. The third-order valence-electron chi connectivity index (χ3n) is 5.00. The van der Waals surface area contributed by atoms with E-state index in [9.17, 15) is 19.5 Å². The Labute approximate surface area is 202 Å². The van der Waals surface area contributed by atoms with E-state index >= 15 is 0 Å². The van der Waals surface area contributed by atoms with Gasteiger partial charge in [0.15, 0.2) is 24.1 Å². The van der Waals surface area contributed by atoms with Crippen molar-refractivity contribution in [3.8, 4) is 0 Å². The van der Waals surface area contributed by atoms with Gasteiger partial charge >= 0.3 is 0 Å². The van der Waals surface area contributed by atoms with Crippen molar-refractivity contribution in [1.29, 1.82) is 0 Å². The zero-order valence-corrected chi connectivity index (χ0v) is 19.7. The lowest BCUT2D eigenvalue weighted by Crippen LogP contribution is -2.71. The van der Waals surface area contributed by atoms with Crippen LogP contribution in [0.4, 0.5) is 5.13 Å². The highest BCUT2D eigenvalue weighted by Gasteiger charge is 2.53. The minimum Gasteiger partial charge on any atom is -0.543 e. The summed E-state index contributed by atoms with van der Waals surface area (Å²) in [6, 6.07) is 4.55. The molecule has 34 heavy (non-hydrogen) atoms. The lowest BCUT2D eigenvalue weighted by Gasteiger charge is -2.50. The van der Waals surface area contributed by atoms with Crippen LogP contribution in [-0.2, 0) is 25.8 Å². The quantitative estimate of drug-likeness (QED) is 0.138. The minimum absolute atomic E-state index is 0.0199.